The van der Waals surface area contributed by atoms with Crippen LogP contribution < -0.4 is 5.30 Å². The molecule has 1 atom stereocenters. The highest BCUT2D eigenvalue weighted by molar-refractivity contribution is 7.71. The molecule has 3 heteroatoms. The van der Waals surface area contributed by atoms with Gasteiger partial charge in [0.15, 0.2) is 7.80 Å². The molecule has 0 heterocycles. The van der Waals surface area contributed by atoms with E-state index in [9.17, 15) is 9.36 Å². The third kappa shape index (κ3) is 2.91. The SMILES string of the molecule is Cc1ccc([PH](=O)C(=O)c2c(C)cc(C)cc2C)cc1. The van der Waals surface area contributed by atoms with Gasteiger partial charge in [-0.05, 0) is 38.8 Å². The highest BCUT2D eigenvalue weighted by Gasteiger charge is 2.20. The molecule has 0 bridgehead atoms. The van der Waals surface area contributed by atoms with Crippen molar-refractivity contribution in [3.05, 3.63) is 64.2 Å². The van der Waals surface area contributed by atoms with E-state index in [2.05, 4.69) is 0 Å². The Hall–Kier alpha value is -1.66. The van der Waals surface area contributed by atoms with E-state index in [1.807, 2.05) is 52.0 Å². The number of hydrogen-bond donors (Lipinski definition) is 0. The predicted molar refractivity (Wildman–Crippen MR) is 84.8 cm³/mol. The van der Waals surface area contributed by atoms with Crippen LogP contribution >= 0.6 is 7.80 Å². The minimum atomic E-state index is -2.46. The van der Waals surface area contributed by atoms with Crippen molar-refractivity contribution >= 4 is 18.6 Å². The van der Waals surface area contributed by atoms with Crippen molar-refractivity contribution in [1.82, 2.24) is 0 Å². The smallest absolute Gasteiger partial charge is 0.223 e. The maximum absolute atomic E-state index is 12.5. The number of carbonyl (C=O) groups excluding carboxylic acids is 1. The van der Waals surface area contributed by atoms with E-state index in [1.165, 1.54) is 0 Å². The Morgan fingerprint density at radius 1 is 0.850 bits per heavy atom. The van der Waals surface area contributed by atoms with Gasteiger partial charge < -0.3 is 4.57 Å². The molecule has 0 aliphatic rings. The largest absolute Gasteiger partial charge is 0.313 e. The molecule has 0 aliphatic carbocycles. The van der Waals surface area contributed by atoms with E-state index in [0.29, 0.717) is 10.9 Å². The molecule has 0 spiro atoms. The molecular weight excluding hydrogens is 267 g/mol. The first-order chi connectivity index (χ1) is 9.40. The van der Waals surface area contributed by atoms with Crippen LogP contribution in [0.4, 0.5) is 0 Å². The van der Waals surface area contributed by atoms with E-state index >= 15 is 0 Å². The Balaban J connectivity index is 2.41. The first-order valence-electron chi connectivity index (χ1n) is 6.63. The summed E-state index contributed by atoms with van der Waals surface area (Å²) in [6.07, 6.45) is 0. The molecule has 0 aliphatic heterocycles. The summed E-state index contributed by atoms with van der Waals surface area (Å²) in [6, 6.07) is 11.3. The lowest BCUT2D eigenvalue weighted by molar-refractivity contribution is 0.107. The highest BCUT2D eigenvalue weighted by Crippen LogP contribution is 2.30. The second-order valence-corrected chi connectivity index (χ2v) is 6.99. The van der Waals surface area contributed by atoms with Gasteiger partial charge in [-0.2, -0.15) is 0 Å². The van der Waals surface area contributed by atoms with Gasteiger partial charge in [0.25, 0.3) is 0 Å². The molecule has 2 nitrogen and oxygen atoms in total. The molecule has 0 aromatic heterocycles. The first-order valence-corrected chi connectivity index (χ1v) is 8.04. The number of rotatable bonds is 3. The minimum absolute atomic E-state index is 0.242. The van der Waals surface area contributed by atoms with Crippen LogP contribution in [0, 0.1) is 27.7 Å². The van der Waals surface area contributed by atoms with Gasteiger partial charge in [-0.3, -0.25) is 4.79 Å². The van der Waals surface area contributed by atoms with Gasteiger partial charge in [0.1, 0.15) is 0 Å². The molecule has 0 radical (unpaired) electrons. The van der Waals surface area contributed by atoms with E-state index < -0.39 is 7.80 Å². The Bertz CT molecular complexity index is 662. The molecule has 20 heavy (non-hydrogen) atoms. The maximum atomic E-state index is 12.5. The summed E-state index contributed by atoms with van der Waals surface area (Å²) < 4.78 is 12.5. The number of aryl methyl sites for hydroxylation is 4. The van der Waals surface area contributed by atoms with Gasteiger partial charge in [-0.1, -0.05) is 47.5 Å². The van der Waals surface area contributed by atoms with E-state index in [4.69, 9.17) is 0 Å². The number of hydrogen-bond acceptors (Lipinski definition) is 2. The first kappa shape index (κ1) is 14.7. The van der Waals surface area contributed by atoms with Crippen molar-refractivity contribution in [2.24, 2.45) is 0 Å². The van der Waals surface area contributed by atoms with Crippen LogP contribution in [-0.2, 0) is 4.57 Å². The number of benzene rings is 2. The zero-order valence-electron chi connectivity index (χ0n) is 12.3. The molecule has 2 aromatic rings. The molecule has 0 saturated heterocycles. The van der Waals surface area contributed by atoms with Crippen LogP contribution in [0.25, 0.3) is 0 Å². The lowest BCUT2D eigenvalue weighted by atomic mass is 10.0. The van der Waals surface area contributed by atoms with Crippen molar-refractivity contribution < 1.29 is 9.36 Å². The fraction of sp³-hybridized carbons (Fsp3) is 0.235. The summed E-state index contributed by atoms with van der Waals surface area (Å²) in [5.74, 6) is 0. The molecule has 104 valence electrons. The molecule has 0 saturated carbocycles. The van der Waals surface area contributed by atoms with Crippen molar-refractivity contribution in [2.75, 3.05) is 0 Å². The summed E-state index contributed by atoms with van der Waals surface area (Å²) in [5.41, 5.74) is 4.38. The van der Waals surface area contributed by atoms with Crippen molar-refractivity contribution in [1.29, 1.82) is 0 Å². The quantitative estimate of drug-likeness (QED) is 0.801. The zero-order chi connectivity index (χ0) is 14.9. The van der Waals surface area contributed by atoms with Crippen LogP contribution in [0.2, 0.25) is 0 Å². The highest BCUT2D eigenvalue weighted by atomic mass is 31.1. The Kier molecular flexibility index (Phi) is 4.25. The van der Waals surface area contributed by atoms with E-state index in [-0.39, 0.29) is 5.52 Å². The topological polar surface area (TPSA) is 34.1 Å². The fourth-order valence-corrected chi connectivity index (χ4v) is 3.84. The third-order valence-corrected chi connectivity index (χ3v) is 4.94. The van der Waals surface area contributed by atoms with Crippen molar-refractivity contribution in [3.63, 3.8) is 0 Å². The molecule has 2 rings (SSSR count). The minimum Gasteiger partial charge on any atom is -0.313 e. The second kappa shape index (κ2) is 5.76. The van der Waals surface area contributed by atoms with Crippen LogP contribution in [0.1, 0.15) is 32.6 Å². The van der Waals surface area contributed by atoms with Crippen molar-refractivity contribution in [2.45, 2.75) is 27.7 Å². The Morgan fingerprint density at radius 3 is 1.85 bits per heavy atom. The van der Waals surface area contributed by atoms with Crippen LogP contribution in [0.15, 0.2) is 36.4 Å². The average Bonchev–Trinajstić information content (AvgIpc) is 2.37. The second-order valence-electron chi connectivity index (χ2n) is 5.30. The van der Waals surface area contributed by atoms with Gasteiger partial charge in [0.05, 0.1) is 0 Å². The Labute approximate surface area is 120 Å². The normalized spacial score (nSPS) is 12.2. The molecule has 1 unspecified atom stereocenters. The molecular formula is C17H19O2P. The van der Waals surface area contributed by atoms with Gasteiger partial charge >= 0.3 is 0 Å². The van der Waals surface area contributed by atoms with Crippen LogP contribution in [0.3, 0.4) is 0 Å². The third-order valence-electron chi connectivity index (χ3n) is 3.42. The monoisotopic (exact) mass is 286 g/mol. The van der Waals surface area contributed by atoms with E-state index in [0.717, 1.165) is 22.3 Å². The predicted octanol–water partition coefficient (Wildman–Crippen LogP) is 3.95. The lowest BCUT2D eigenvalue weighted by Crippen LogP contribution is -2.07. The van der Waals surface area contributed by atoms with Crippen LogP contribution in [0.5, 0.6) is 0 Å². The van der Waals surface area contributed by atoms with Crippen molar-refractivity contribution in [3.8, 4) is 0 Å². The summed E-state index contributed by atoms with van der Waals surface area (Å²) >= 11 is 0. The summed E-state index contributed by atoms with van der Waals surface area (Å²) in [7, 11) is -2.46. The summed E-state index contributed by atoms with van der Waals surface area (Å²) in [6.45, 7) is 7.77. The average molecular weight is 286 g/mol. The fourth-order valence-electron chi connectivity index (χ4n) is 2.49. The van der Waals surface area contributed by atoms with Gasteiger partial charge in [0, 0.05) is 10.9 Å². The number of carbonyl (C=O) groups is 1. The van der Waals surface area contributed by atoms with E-state index in [1.54, 1.807) is 12.1 Å². The lowest BCUT2D eigenvalue weighted by Gasteiger charge is -2.10. The van der Waals surface area contributed by atoms with Gasteiger partial charge in [0.2, 0.25) is 5.52 Å². The van der Waals surface area contributed by atoms with Gasteiger partial charge in [-0.25, -0.2) is 0 Å². The summed E-state index contributed by atoms with van der Waals surface area (Å²) in [5, 5.41) is 0.630. The standard InChI is InChI=1S/C17H19O2P/c1-11-5-7-15(8-6-11)20(19)17(18)16-13(3)9-12(2)10-14(16)4/h5-10,20H,1-4H3. The maximum Gasteiger partial charge on any atom is 0.223 e. The molecule has 2 aromatic carbocycles. The Morgan fingerprint density at radius 2 is 1.35 bits per heavy atom. The zero-order valence-corrected chi connectivity index (χ0v) is 13.3. The van der Waals surface area contributed by atoms with Crippen LogP contribution in [-0.4, -0.2) is 5.52 Å². The summed E-state index contributed by atoms with van der Waals surface area (Å²) in [4.78, 5) is 12.5. The molecule has 0 amide bonds. The molecule has 0 fully saturated rings. The van der Waals surface area contributed by atoms with Gasteiger partial charge in [-0.15, -0.1) is 0 Å². The molecule has 0 N–H and O–H groups in total.